The molecule has 0 radical (unpaired) electrons. The largest absolute Gasteiger partial charge is 0.354 e. The van der Waals surface area contributed by atoms with Gasteiger partial charge in [-0.05, 0) is 4.89 Å². The van der Waals surface area contributed by atoms with Crippen molar-refractivity contribution in [3.05, 3.63) is 0 Å². The molecular formula is C3H9N3O4S. The van der Waals surface area contributed by atoms with E-state index >= 15 is 0 Å². The van der Waals surface area contributed by atoms with Crippen LogP contribution >= 0.6 is 0 Å². The first-order valence-electron chi connectivity index (χ1n) is 2.60. The third-order valence-corrected chi connectivity index (χ3v) is 0.996. The van der Waals surface area contributed by atoms with Gasteiger partial charge in [0.25, 0.3) is 11.3 Å². The number of hydrogen-bond acceptors (Lipinski definition) is 5. The summed E-state index contributed by atoms with van der Waals surface area (Å²) < 4.78 is 17.9. The Labute approximate surface area is 65.4 Å². The van der Waals surface area contributed by atoms with Gasteiger partial charge in [-0.2, -0.15) is 0 Å². The van der Waals surface area contributed by atoms with E-state index < -0.39 is 23.3 Å². The van der Waals surface area contributed by atoms with Gasteiger partial charge in [-0.1, -0.05) is 0 Å². The van der Waals surface area contributed by atoms with E-state index in [1.165, 1.54) is 4.89 Å². The second-order valence-corrected chi connectivity index (χ2v) is 2.26. The molecular weight excluding hydrogens is 174 g/mol. The predicted octanol–water partition coefficient (Wildman–Crippen LogP) is -2.54. The SMILES string of the molecule is NCC(N)C(=O)ONS(=O)O. The third kappa shape index (κ3) is 4.81. The summed E-state index contributed by atoms with van der Waals surface area (Å²) in [5, 5.41) is 0. The second kappa shape index (κ2) is 5.16. The van der Waals surface area contributed by atoms with Gasteiger partial charge in [0.1, 0.15) is 6.04 Å². The van der Waals surface area contributed by atoms with Crippen molar-refractivity contribution in [2.75, 3.05) is 6.54 Å². The molecule has 0 aromatic carbocycles. The van der Waals surface area contributed by atoms with Crippen molar-refractivity contribution in [2.45, 2.75) is 6.04 Å². The van der Waals surface area contributed by atoms with E-state index in [0.29, 0.717) is 0 Å². The van der Waals surface area contributed by atoms with Crippen molar-refractivity contribution in [3.8, 4) is 0 Å². The summed E-state index contributed by atoms with van der Waals surface area (Å²) in [5.74, 6) is -0.880. The maximum atomic E-state index is 10.5. The smallest absolute Gasteiger partial charge is 0.343 e. The molecule has 0 heterocycles. The van der Waals surface area contributed by atoms with Crippen LogP contribution in [-0.4, -0.2) is 27.3 Å². The second-order valence-electron chi connectivity index (χ2n) is 1.60. The highest BCUT2D eigenvalue weighted by Gasteiger charge is 2.13. The van der Waals surface area contributed by atoms with E-state index in [-0.39, 0.29) is 6.54 Å². The summed E-state index contributed by atoms with van der Waals surface area (Å²) in [5.41, 5.74) is 10.1. The lowest BCUT2D eigenvalue weighted by molar-refractivity contribution is -0.148. The highest BCUT2D eigenvalue weighted by Crippen LogP contribution is 1.79. The lowest BCUT2D eigenvalue weighted by Crippen LogP contribution is -2.41. The molecule has 0 aliphatic heterocycles. The summed E-state index contributed by atoms with van der Waals surface area (Å²) in [6.45, 7) is -0.0847. The molecule has 0 aromatic heterocycles. The summed E-state index contributed by atoms with van der Waals surface area (Å²) in [6, 6.07) is -0.981. The molecule has 8 heteroatoms. The molecule has 0 aromatic rings. The number of hydrogen-bond donors (Lipinski definition) is 4. The Balaban J connectivity index is 3.60. The van der Waals surface area contributed by atoms with Crippen molar-refractivity contribution in [1.29, 1.82) is 0 Å². The molecule has 0 saturated carbocycles. The fraction of sp³-hybridized carbons (Fsp3) is 0.667. The quantitative estimate of drug-likeness (QED) is 0.281. The number of nitrogens with two attached hydrogens (primary N) is 2. The van der Waals surface area contributed by atoms with Gasteiger partial charge in [0.2, 0.25) is 0 Å². The average molecular weight is 183 g/mol. The minimum atomic E-state index is -2.39. The van der Waals surface area contributed by atoms with Crippen LogP contribution in [0.2, 0.25) is 0 Å². The van der Waals surface area contributed by atoms with Gasteiger partial charge in [0, 0.05) is 6.54 Å². The van der Waals surface area contributed by atoms with Gasteiger partial charge in [-0.25, -0.2) is 9.00 Å². The first-order valence-corrected chi connectivity index (χ1v) is 3.71. The van der Waals surface area contributed by atoms with E-state index in [4.69, 9.17) is 16.0 Å². The van der Waals surface area contributed by atoms with Gasteiger partial charge in [-0.15, -0.1) is 0 Å². The molecule has 0 rings (SSSR count). The predicted molar refractivity (Wildman–Crippen MR) is 37.0 cm³/mol. The van der Waals surface area contributed by atoms with E-state index in [1.54, 1.807) is 0 Å². The molecule has 66 valence electrons. The number of carbonyl (C=O) groups is 1. The summed E-state index contributed by atoms with van der Waals surface area (Å²) in [6.07, 6.45) is 0. The average Bonchev–Trinajstić information content (AvgIpc) is 1.98. The van der Waals surface area contributed by atoms with Gasteiger partial charge < -0.3 is 16.3 Å². The Hall–Kier alpha value is -0.540. The maximum absolute atomic E-state index is 10.5. The Bertz CT molecular complexity index is 163. The van der Waals surface area contributed by atoms with Crippen LogP contribution in [0.5, 0.6) is 0 Å². The van der Waals surface area contributed by atoms with E-state index in [9.17, 15) is 9.00 Å². The molecule has 0 spiro atoms. The van der Waals surface area contributed by atoms with Crippen molar-refractivity contribution in [3.63, 3.8) is 0 Å². The van der Waals surface area contributed by atoms with Crippen LogP contribution in [0, 0.1) is 0 Å². The van der Waals surface area contributed by atoms with Gasteiger partial charge >= 0.3 is 5.97 Å². The van der Waals surface area contributed by atoms with Crippen LogP contribution in [0.15, 0.2) is 0 Å². The van der Waals surface area contributed by atoms with Crippen LogP contribution in [0.1, 0.15) is 0 Å². The zero-order valence-corrected chi connectivity index (χ0v) is 6.34. The van der Waals surface area contributed by atoms with Crippen LogP contribution in [-0.2, 0) is 20.9 Å². The molecule has 11 heavy (non-hydrogen) atoms. The zero-order valence-electron chi connectivity index (χ0n) is 5.52. The molecule has 6 N–H and O–H groups in total. The fourth-order valence-electron chi connectivity index (χ4n) is 0.249. The van der Waals surface area contributed by atoms with Crippen LogP contribution in [0.3, 0.4) is 0 Å². The highest BCUT2D eigenvalue weighted by molar-refractivity contribution is 7.76. The molecule has 0 amide bonds. The minimum absolute atomic E-state index is 0.0847. The molecule has 0 bridgehead atoms. The van der Waals surface area contributed by atoms with Gasteiger partial charge in [0.05, 0.1) is 0 Å². The fourth-order valence-corrected chi connectivity index (χ4v) is 0.402. The Morgan fingerprint density at radius 1 is 1.82 bits per heavy atom. The molecule has 2 atom stereocenters. The standard InChI is InChI=1S/C3H9N3O4S/c4-1-2(5)3(7)10-6-11(8)9/h2,6H,1,4-5H2,(H,8,9). The molecule has 0 aliphatic carbocycles. The van der Waals surface area contributed by atoms with Crippen molar-refractivity contribution in [1.82, 2.24) is 4.89 Å². The first-order chi connectivity index (χ1) is 5.07. The lowest BCUT2D eigenvalue weighted by atomic mass is 10.3. The highest BCUT2D eigenvalue weighted by atomic mass is 32.2. The van der Waals surface area contributed by atoms with Crippen molar-refractivity contribution in [2.24, 2.45) is 11.5 Å². The molecule has 0 fully saturated rings. The first kappa shape index (κ1) is 10.5. The number of nitrogens with one attached hydrogen (secondary N) is 1. The summed E-state index contributed by atoms with van der Waals surface area (Å²) in [4.78, 5) is 16.1. The van der Waals surface area contributed by atoms with Crippen LogP contribution in [0.4, 0.5) is 0 Å². The van der Waals surface area contributed by atoms with Crippen molar-refractivity contribution >= 4 is 17.2 Å². The maximum Gasteiger partial charge on any atom is 0.343 e. The Morgan fingerprint density at radius 3 is 2.73 bits per heavy atom. The van der Waals surface area contributed by atoms with E-state index in [0.717, 1.165) is 0 Å². The number of carbonyl (C=O) groups excluding carboxylic acids is 1. The van der Waals surface area contributed by atoms with Crippen LogP contribution in [0.25, 0.3) is 0 Å². The number of rotatable bonds is 4. The summed E-state index contributed by atoms with van der Waals surface area (Å²) in [7, 11) is 0. The van der Waals surface area contributed by atoms with E-state index in [1.807, 2.05) is 0 Å². The molecule has 0 aliphatic rings. The van der Waals surface area contributed by atoms with Gasteiger partial charge in [-0.3, -0.25) is 4.55 Å². The van der Waals surface area contributed by atoms with Crippen LogP contribution < -0.4 is 16.4 Å². The molecule has 7 nitrogen and oxygen atoms in total. The normalized spacial score (nSPS) is 15.5. The Morgan fingerprint density at radius 2 is 2.36 bits per heavy atom. The van der Waals surface area contributed by atoms with Crippen molar-refractivity contribution < 1.29 is 18.4 Å². The topological polar surface area (TPSA) is 128 Å². The lowest BCUT2D eigenvalue weighted by Gasteiger charge is -2.05. The minimum Gasteiger partial charge on any atom is -0.354 e. The Kier molecular flexibility index (Phi) is 4.90. The molecule has 2 unspecified atom stereocenters. The summed E-state index contributed by atoms with van der Waals surface area (Å²) >= 11 is -2.39. The van der Waals surface area contributed by atoms with E-state index in [2.05, 4.69) is 4.84 Å². The van der Waals surface area contributed by atoms with Gasteiger partial charge in [0.15, 0.2) is 0 Å². The third-order valence-electron chi connectivity index (χ3n) is 0.770. The zero-order chi connectivity index (χ0) is 8.85. The monoisotopic (exact) mass is 183 g/mol. The molecule has 0 saturated heterocycles.